The molecule has 1 aliphatic heterocycles. The molecule has 1 heterocycles. The Morgan fingerprint density at radius 2 is 1.74 bits per heavy atom. The molecule has 1 unspecified atom stereocenters. The highest BCUT2D eigenvalue weighted by atomic mass is 16.5. The first-order chi connectivity index (χ1) is 11.0. The first-order valence-electron chi connectivity index (χ1n) is 7.47. The zero-order valence-electron chi connectivity index (χ0n) is 13.9. The maximum absolute atomic E-state index is 12.1. The number of fused-ring (bicyclic) bond motifs is 1. The lowest BCUT2D eigenvalue weighted by Crippen LogP contribution is -3.16. The minimum Gasteiger partial charge on any atom is -0.493 e. The predicted octanol–water partition coefficient (Wildman–Crippen LogP) is -0.0841. The van der Waals surface area contributed by atoms with Gasteiger partial charge in [-0.25, -0.2) is 4.79 Å². The number of quaternary nitrogens is 1. The zero-order valence-corrected chi connectivity index (χ0v) is 13.9. The molecule has 0 bridgehead atoms. The Hall–Kier alpha value is -2.28. The minimum atomic E-state index is -0.731. The van der Waals surface area contributed by atoms with E-state index in [-0.39, 0.29) is 11.9 Å². The molecule has 1 aromatic carbocycles. The van der Waals surface area contributed by atoms with E-state index in [1.54, 1.807) is 21.1 Å². The molecule has 0 aromatic heterocycles. The summed E-state index contributed by atoms with van der Waals surface area (Å²) < 4.78 is 15.1. The number of hydrogen-bond donors (Lipinski definition) is 2. The molecule has 0 spiro atoms. The van der Waals surface area contributed by atoms with Gasteiger partial charge in [0.05, 0.1) is 27.9 Å². The van der Waals surface area contributed by atoms with Crippen LogP contribution in [0.25, 0.3) is 0 Å². The quantitative estimate of drug-likeness (QED) is 0.810. The van der Waals surface area contributed by atoms with Crippen molar-refractivity contribution in [2.45, 2.75) is 25.9 Å². The topological polar surface area (TPSA) is 78.3 Å². The first-order valence-corrected chi connectivity index (χ1v) is 7.47. The molecule has 23 heavy (non-hydrogen) atoms. The standard InChI is InChI=1S/C16H22N2O5/c1-10(15(19)17-16(20)23-4)18-6-5-11-7-13(21-2)14(22-3)8-12(11)9-18/h7-8,10H,5-6,9H2,1-4H3,(H,17,19,20)/p+1/t10-/m1/s1. The van der Waals surface area contributed by atoms with Crippen LogP contribution in [0.15, 0.2) is 12.1 Å². The second-order valence-corrected chi connectivity index (χ2v) is 5.51. The molecular formula is C16H23N2O5+. The Labute approximate surface area is 135 Å². The Kier molecular flexibility index (Phi) is 5.44. The van der Waals surface area contributed by atoms with Crippen molar-refractivity contribution in [3.05, 3.63) is 23.3 Å². The Morgan fingerprint density at radius 1 is 1.13 bits per heavy atom. The van der Waals surface area contributed by atoms with Gasteiger partial charge in [-0.1, -0.05) is 0 Å². The highest BCUT2D eigenvalue weighted by Gasteiger charge is 2.30. The van der Waals surface area contributed by atoms with Crippen molar-refractivity contribution in [2.24, 2.45) is 0 Å². The fraction of sp³-hybridized carbons (Fsp3) is 0.500. The molecular weight excluding hydrogens is 300 g/mol. The van der Waals surface area contributed by atoms with E-state index in [2.05, 4.69) is 10.1 Å². The maximum Gasteiger partial charge on any atom is 0.413 e. The van der Waals surface area contributed by atoms with Crippen LogP contribution in [0.3, 0.4) is 0 Å². The molecule has 2 rings (SSSR count). The van der Waals surface area contributed by atoms with Crippen LogP contribution in [0.2, 0.25) is 0 Å². The van der Waals surface area contributed by atoms with Crippen LogP contribution in [0, 0.1) is 0 Å². The average Bonchev–Trinajstić information content (AvgIpc) is 2.58. The lowest BCUT2D eigenvalue weighted by molar-refractivity contribution is -0.929. The van der Waals surface area contributed by atoms with Crippen LogP contribution in [-0.4, -0.2) is 45.9 Å². The van der Waals surface area contributed by atoms with Gasteiger partial charge in [0.2, 0.25) is 0 Å². The number of rotatable bonds is 4. The average molecular weight is 323 g/mol. The van der Waals surface area contributed by atoms with Crippen molar-refractivity contribution in [1.29, 1.82) is 0 Å². The van der Waals surface area contributed by atoms with E-state index in [4.69, 9.17) is 9.47 Å². The molecule has 1 aliphatic rings. The fourth-order valence-corrected chi connectivity index (χ4v) is 2.80. The third kappa shape index (κ3) is 3.73. The van der Waals surface area contributed by atoms with Gasteiger partial charge in [0.25, 0.3) is 5.91 Å². The Morgan fingerprint density at radius 3 is 2.30 bits per heavy atom. The van der Waals surface area contributed by atoms with Crippen LogP contribution in [0.5, 0.6) is 11.5 Å². The largest absolute Gasteiger partial charge is 0.493 e. The van der Waals surface area contributed by atoms with Gasteiger partial charge in [-0.2, -0.15) is 0 Å². The van der Waals surface area contributed by atoms with E-state index in [9.17, 15) is 9.59 Å². The highest BCUT2D eigenvalue weighted by molar-refractivity contribution is 5.93. The maximum atomic E-state index is 12.1. The van der Waals surface area contributed by atoms with Gasteiger partial charge in [-0.05, 0) is 24.6 Å². The molecule has 7 heteroatoms. The van der Waals surface area contributed by atoms with Gasteiger partial charge >= 0.3 is 6.09 Å². The van der Waals surface area contributed by atoms with E-state index >= 15 is 0 Å². The molecule has 0 aliphatic carbocycles. The van der Waals surface area contributed by atoms with Gasteiger partial charge in [-0.15, -0.1) is 0 Å². The lowest BCUT2D eigenvalue weighted by Gasteiger charge is -2.30. The van der Waals surface area contributed by atoms with Crippen molar-refractivity contribution >= 4 is 12.0 Å². The van der Waals surface area contributed by atoms with Crippen LogP contribution >= 0.6 is 0 Å². The van der Waals surface area contributed by atoms with Crippen molar-refractivity contribution in [1.82, 2.24) is 5.32 Å². The number of carbonyl (C=O) groups excluding carboxylic acids is 2. The van der Waals surface area contributed by atoms with Crippen LogP contribution < -0.4 is 19.7 Å². The number of amides is 2. The summed E-state index contributed by atoms with van der Waals surface area (Å²) in [4.78, 5) is 24.3. The second-order valence-electron chi connectivity index (χ2n) is 5.51. The highest BCUT2D eigenvalue weighted by Crippen LogP contribution is 2.31. The monoisotopic (exact) mass is 323 g/mol. The molecule has 7 nitrogen and oxygen atoms in total. The number of hydrogen-bond acceptors (Lipinski definition) is 5. The van der Waals surface area contributed by atoms with Gasteiger partial charge in [-0.3, -0.25) is 10.1 Å². The van der Waals surface area contributed by atoms with Crippen LogP contribution in [0.4, 0.5) is 4.79 Å². The third-order valence-corrected chi connectivity index (χ3v) is 4.26. The van der Waals surface area contributed by atoms with Crippen molar-refractivity contribution < 1.29 is 28.7 Å². The summed E-state index contributed by atoms with van der Waals surface area (Å²) in [6.07, 6.45) is 0.103. The van der Waals surface area contributed by atoms with E-state index in [0.717, 1.165) is 23.4 Å². The third-order valence-electron chi connectivity index (χ3n) is 4.26. The number of methoxy groups -OCH3 is 3. The first kappa shape index (κ1) is 17.1. The number of nitrogens with one attached hydrogen (secondary N) is 2. The van der Waals surface area contributed by atoms with E-state index in [1.807, 2.05) is 12.1 Å². The molecule has 0 saturated carbocycles. The summed E-state index contributed by atoms with van der Waals surface area (Å²) in [5.74, 6) is 1.06. The Bertz CT molecular complexity index is 602. The molecule has 126 valence electrons. The summed E-state index contributed by atoms with van der Waals surface area (Å²) in [6.45, 7) is 3.29. The lowest BCUT2D eigenvalue weighted by atomic mass is 9.97. The zero-order chi connectivity index (χ0) is 17.0. The SMILES string of the molecule is COC(=O)NC(=O)[C@@H](C)[NH+]1CCc2cc(OC)c(OC)cc2C1. The van der Waals surface area contributed by atoms with Crippen molar-refractivity contribution in [3.8, 4) is 11.5 Å². The number of ether oxygens (including phenoxy) is 3. The second kappa shape index (κ2) is 7.32. The summed E-state index contributed by atoms with van der Waals surface area (Å²) in [6, 6.07) is 3.60. The molecule has 0 radical (unpaired) electrons. The summed E-state index contributed by atoms with van der Waals surface area (Å²) in [5.41, 5.74) is 2.33. The molecule has 0 fully saturated rings. The fourth-order valence-electron chi connectivity index (χ4n) is 2.80. The number of benzene rings is 1. The molecule has 0 saturated heterocycles. The summed E-state index contributed by atoms with van der Waals surface area (Å²) >= 11 is 0. The van der Waals surface area contributed by atoms with Crippen LogP contribution in [-0.2, 0) is 22.5 Å². The van der Waals surface area contributed by atoms with Crippen molar-refractivity contribution in [2.75, 3.05) is 27.9 Å². The van der Waals surface area contributed by atoms with E-state index < -0.39 is 6.09 Å². The van der Waals surface area contributed by atoms with E-state index in [0.29, 0.717) is 18.0 Å². The normalized spacial score (nSPS) is 17.7. The van der Waals surface area contributed by atoms with Gasteiger partial charge < -0.3 is 19.1 Å². The number of carbonyl (C=O) groups is 2. The number of imide groups is 1. The van der Waals surface area contributed by atoms with E-state index in [1.165, 1.54) is 12.7 Å². The molecule has 2 N–H and O–H groups in total. The summed E-state index contributed by atoms with van der Waals surface area (Å²) in [7, 11) is 4.45. The molecule has 1 aromatic rings. The predicted molar refractivity (Wildman–Crippen MR) is 82.8 cm³/mol. The number of alkyl carbamates (subject to hydrolysis) is 1. The smallest absolute Gasteiger partial charge is 0.413 e. The molecule has 2 atom stereocenters. The van der Waals surface area contributed by atoms with Gasteiger partial charge in [0.15, 0.2) is 17.5 Å². The van der Waals surface area contributed by atoms with Crippen LogP contribution in [0.1, 0.15) is 18.1 Å². The molecule has 2 amide bonds. The summed E-state index contributed by atoms with van der Waals surface area (Å²) in [5, 5.41) is 2.23. The van der Waals surface area contributed by atoms with Gasteiger partial charge in [0.1, 0.15) is 6.54 Å². The van der Waals surface area contributed by atoms with Crippen molar-refractivity contribution in [3.63, 3.8) is 0 Å². The minimum absolute atomic E-state index is 0.337. The van der Waals surface area contributed by atoms with Gasteiger partial charge in [0, 0.05) is 12.0 Å². The Balaban J connectivity index is 2.13.